The predicted octanol–water partition coefficient (Wildman–Crippen LogP) is 5.06. The second-order valence-electron chi connectivity index (χ2n) is 5.44. The van der Waals surface area contributed by atoms with Crippen molar-refractivity contribution >= 4 is 11.9 Å². The largest absolute Gasteiger partial charge is 0.461 e. The number of hydrogen-bond acceptors (Lipinski definition) is 2. The molecule has 0 saturated heterocycles. The second-order valence-corrected chi connectivity index (χ2v) is 5.44. The van der Waals surface area contributed by atoms with Crippen LogP contribution in [0.1, 0.15) is 35.5 Å². The normalized spacial score (nSPS) is 11.2. The fourth-order valence-corrected chi connectivity index (χ4v) is 2.62. The number of carbonyl (C=O) groups excluding carboxylic acids is 1. The van der Waals surface area contributed by atoms with Gasteiger partial charge in [-0.05, 0) is 42.3 Å². The summed E-state index contributed by atoms with van der Waals surface area (Å²) in [6.07, 6.45) is 3.22. The van der Waals surface area contributed by atoms with Crippen molar-refractivity contribution in [3.05, 3.63) is 102 Å². The lowest BCUT2D eigenvalue weighted by molar-refractivity contribution is -0.112. The van der Waals surface area contributed by atoms with E-state index >= 15 is 0 Å². The van der Waals surface area contributed by atoms with E-state index in [9.17, 15) is 4.79 Å². The van der Waals surface area contributed by atoms with E-state index in [0.717, 1.165) is 5.76 Å². The molecule has 0 unspecified atom stereocenters. The van der Waals surface area contributed by atoms with Gasteiger partial charge in [0.25, 0.3) is 0 Å². The Morgan fingerprint density at radius 1 is 0.870 bits per heavy atom. The number of benzene rings is 2. The van der Waals surface area contributed by atoms with Crippen molar-refractivity contribution < 1.29 is 9.21 Å². The van der Waals surface area contributed by atoms with Crippen LogP contribution in [0.5, 0.6) is 0 Å². The third kappa shape index (κ3) is 3.67. The zero-order valence-corrected chi connectivity index (χ0v) is 13.0. The minimum Gasteiger partial charge on any atom is -0.461 e. The molecule has 0 aliphatic rings. The quantitative estimate of drug-likeness (QED) is 0.616. The van der Waals surface area contributed by atoms with E-state index in [0.29, 0.717) is 5.76 Å². The van der Waals surface area contributed by atoms with Gasteiger partial charge in [-0.2, -0.15) is 0 Å². The van der Waals surface area contributed by atoms with Gasteiger partial charge >= 0.3 is 0 Å². The average molecular weight is 302 g/mol. The van der Waals surface area contributed by atoms with Crippen molar-refractivity contribution in [2.45, 2.75) is 12.8 Å². The van der Waals surface area contributed by atoms with Gasteiger partial charge in [-0.15, -0.1) is 0 Å². The van der Waals surface area contributed by atoms with Gasteiger partial charge < -0.3 is 4.42 Å². The van der Waals surface area contributed by atoms with Crippen molar-refractivity contribution in [1.29, 1.82) is 0 Å². The maximum atomic E-state index is 11.1. The van der Waals surface area contributed by atoms with Crippen LogP contribution in [0.4, 0.5) is 0 Å². The average Bonchev–Trinajstić information content (AvgIpc) is 3.04. The van der Waals surface area contributed by atoms with Gasteiger partial charge in [-0.1, -0.05) is 60.7 Å². The molecule has 1 heterocycles. The summed E-state index contributed by atoms with van der Waals surface area (Å²) < 4.78 is 5.97. The lowest BCUT2D eigenvalue weighted by Gasteiger charge is -2.15. The van der Waals surface area contributed by atoms with Crippen LogP contribution in [0, 0.1) is 0 Å². The van der Waals surface area contributed by atoms with Crippen LogP contribution in [-0.2, 0) is 4.79 Å². The number of hydrogen-bond donors (Lipinski definition) is 0. The molecule has 0 N–H and O–H groups in total. The zero-order valence-electron chi connectivity index (χ0n) is 13.0. The number of allylic oxidation sites excluding steroid dienone is 1. The fourth-order valence-electron chi connectivity index (χ4n) is 2.62. The summed E-state index contributed by atoms with van der Waals surface area (Å²) in [6, 6.07) is 24.4. The fraction of sp³-hybridized carbons (Fsp3) is 0.0952. The van der Waals surface area contributed by atoms with Crippen molar-refractivity contribution in [2.24, 2.45) is 0 Å². The molecule has 0 saturated carbocycles. The number of carbonyl (C=O) groups is 1. The minimum atomic E-state index is 0.00520. The van der Waals surface area contributed by atoms with Gasteiger partial charge in [-0.25, -0.2) is 0 Å². The van der Waals surface area contributed by atoms with E-state index in [1.165, 1.54) is 24.1 Å². The number of rotatable bonds is 5. The SMILES string of the molecule is CC(=O)/C=C/c1ccc(C(c2ccccc2)c2ccccc2)o1. The first kappa shape index (κ1) is 15.0. The topological polar surface area (TPSA) is 30.2 Å². The van der Waals surface area contributed by atoms with Gasteiger partial charge in [0.2, 0.25) is 0 Å². The molecule has 2 nitrogen and oxygen atoms in total. The Balaban J connectivity index is 2.01. The molecule has 0 bridgehead atoms. The van der Waals surface area contributed by atoms with E-state index in [-0.39, 0.29) is 11.7 Å². The van der Waals surface area contributed by atoms with Crippen LogP contribution < -0.4 is 0 Å². The molecule has 1 aromatic heterocycles. The molecule has 0 amide bonds. The second kappa shape index (κ2) is 6.93. The van der Waals surface area contributed by atoms with Gasteiger partial charge in [0, 0.05) is 0 Å². The van der Waals surface area contributed by atoms with Crippen LogP contribution in [0.2, 0.25) is 0 Å². The summed E-state index contributed by atoms with van der Waals surface area (Å²) in [5.41, 5.74) is 2.35. The molecule has 23 heavy (non-hydrogen) atoms. The van der Waals surface area contributed by atoms with E-state index in [4.69, 9.17) is 4.42 Å². The van der Waals surface area contributed by atoms with Gasteiger partial charge in [0.1, 0.15) is 11.5 Å². The van der Waals surface area contributed by atoms with Crippen LogP contribution in [0.25, 0.3) is 6.08 Å². The van der Waals surface area contributed by atoms with Crippen molar-refractivity contribution in [3.8, 4) is 0 Å². The van der Waals surface area contributed by atoms with E-state index in [1.807, 2.05) is 48.5 Å². The van der Waals surface area contributed by atoms with E-state index < -0.39 is 0 Å². The molecule has 3 aromatic rings. The molecule has 0 atom stereocenters. The third-order valence-corrected chi connectivity index (χ3v) is 3.68. The first-order chi connectivity index (χ1) is 11.2. The molecule has 0 aliphatic carbocycles. The first-order valence-corrected chi connectivity index (χ1v) is 7.62. The lowest BCUT2D eigenvalue weighted by Crippen LogP contribution is -2.01. The van der Waals surface area contributed by atoms with Crippen LogP contribution in [0.3, 0.4) is 0 Å². The molecule has 0 spiro atoms. The third-order valence-electron chi connectivity index (χ3n) is 3.68. The lowest BCUT2D eigenvalue weighted by atomic mass is 9.89. The minimum absolute atomic E-state index is 0.00520. The molecule has 0 aliphatic heterocycles. The van der Waals surface area contributed by atoms with Crippen LogP contribution in [0.15, 0.2) is 83.3 Å². The smallest absolute Gasteiger partial charge is 0.152 e. The summed E-state index contributed by atoms with van der Waals surface area (Å²) in [5, 5.41) is 0. The van der Waals surface area contributed by atoms with Crippen LogP contribution in [-0.4, -0.2) is 5.78 Å². The van der Waals surface area contributed by atoms with Gasteiger partial charge in [0.15, 0.2) is 5.78 Å². The van der Waals surface area contributed by atoms with Gasteiger partial charge in [0.05, 0.1) is 5.92 Å². The Morgan fingerprint density at radius 3 is 1.96 bits per heavy atom. The highest BCUT2D eigenvalue weighted by atomic mass is 16.3. The molecule has 3 rings (SSSR count). The van der Waals surface area contributed by atoms with Crippen molar-refractivity contribution in [1.82, 2.24) is 0 Å². The van der Waals surface area contributed by atoms with E-state index in [1.54, 1.807) is 6.08 Å². The molecule has 2 aromatic carbocycles. The van der Waals surface area contributed by atoms with Crippen LogP contribution >= 0.6 is 0 Å². The molecule has 114 valence electrons. The standard InChI is InChI=1S/C21H18O2/c1-16(22)12-13-19-14-15-20(23-19)21(17-8-4-2-5-9-17)18-10-6-3-7-11-18/h2-15,21H,1H3/b13-12+. The summed E-state index contributed by atoms with van der Waals surface area (Å²) in [6.45, 7) is 1.52. The number of furan rings is 1. The summed E-state index contributed by atoms with van der Waals surface area (Å²) in [5.74, 6) is 1.60. The maximum absolute atomic E-state index is 11.1. The Bertz CT molecular complexity index is 759. The van der Waals surface area contributed by atoms with Crippen molar-refractivity contribution in [3.63, 3.8) is 0 Å². The Labute approximate surface area is 136 Å². The van der Waals surface area contributed by atoms with E-state index in [2.05, 4.69) is 24.3 Å². The molecule has 2 heteroatoms. The zero-order chi connectivity index (χ0) is 16.1. The Kier molecular flexibility index (Phi) is 4.53. The first-order valence-electron chi connectivity index (χ1n) is 7.62. The highest BCUT2D eigenvalue weighted by Gasteiger charge is 2.19. The number of ketones is 1. The van der Waals surface area contributed by atoms with Crippen molar-refractivity contribution in [2.75, 3.05) is 0 Å². The van der Waals surface area contributed by atoms with Gasteiger partial charge in [-0.3, -0.25) is 4.79 Å². The highest BCUT2D eigenvalue weighted by Crippen LogP contribution is 2.33. The monoisotopic (exact) mass is 302 g/mol. The highest BCUT2D eigenvalue weighted by molar-refractivity contribution is 5.91. The Hall–Kier alpha value is -2.87. The summed E-state index contributed by atoms with van der Waals surface area (Å²) >= 11 is 0. The molecular weight excluding hydrogens is 284 g/mol. The molecular formula is C21H18O2. The summed E-state index contributed by atoms with van der Waals surface area (Å²) in [4.78, 5) is 11.1. The molecule has 0 fully saturated rings. The Morgan fingerprint density at radius 2 is 1.43 bits per heavy atom. The summed E-state index contributed by atoms with van der Waals surface area (Å²) in [7, 11) is 0. The predicted molar refractivity (Wildman–Crippen MR) is 92.3 cm³/mol. The molecule has 0 radical (unpaired) electrons. The maximum Gasteiger partial charge on any atom is 0.152 e.